The first-order valence-corrected chi connectivity index (χ1v) is 8.24. The predicted octanol–water partition coefficient (Wildman–Crippen LogP) is 4.62. The van der Waals surface area contributed by atoms with Crippen LogP contribution in [0.25, 0.3) is 12.2 Å². The molecule has 3 rings (SSSR count). The third-order valence-corrected chi connectivity index (χ3v) is 3.80. The number of pyridine rings is 1. The number of hydrogen-bond donors (Lipinski definition) is 0. The fourth-order valence-electron chi connectivity index (χ4n) is 2.40. The Balaban J connectivity index is 1.71. The summed E-state index contributed by atoms with van der Waals surface area (Å²) in [5.41, 5.74) is 3.25. The van der Waals surface area contributed by atoms with E-state index >= 15 is 0 Å². The number of rotatable bonds is 6. The number of carbonyl (C=O) groups is 1. The van der Waals surface area contributed by atoms with E-state index in [1.807, 2.05) is 66.7 Å². The Kier molecular flexibility index (Phi) is 5.78. The SMILES string of the molecule is COC(=O)c1ccc(C=Cc2ccccc2OCc2ccccc2)nc1. The molecule has 0 saturated carbocycles. The molecule has 0 radical (unpaired) electrons. The number of methoxy groups -OCH3 is 1. The van der Waals surface area contributed by atoms with E-state index in [0.29, 0.717) is 12.2 Å². The zero-order chi connectivity index (χ0) is 18.2. The molecule has 0 bridgehead atoms. The molecule has 2 aromatic carbocycles. The van der Waals surface area contributed by atoms with Crippen molar-refractivity contribution in [1.29, 1.82) is 0 Å². The molecule has 0 saturated heterocycles. The highest BCUT2D eigenvalue weighted by atomic mass is 16.5. The highest BCUT2D eigenvalue weighted by Crippen LogP contribution is 2.21. The van der Waals surface area contributed by atoms with Crippen LogP contribution in [0.5, 0.6) is 5.75 Å². The number of carbonyl (C=O) groups excluding carboxylic acids is 1. The van der Waals surface area contributed by atoms with Crippen LogP contribution in [0, 0.1) is 0 Å². The highest BCUT2D eigenvalue weighted by Gasteiger charge is 2.05. The third kappa shape index (κ3) is 4.57. The summed E-state index contributed by atoms with van der Waals surface area (Å²) in [6, 6.07) is 21.3. The monoisotopic (exact) mass is 345 g/mol. The van der Waals surface area contributed by atoms with Gasteiger partial charge in [0.15, 0.2) is 0 Å². The summed E-state index contributed by atoms with van der Waals surface area (Å²) < 4.78 is 10.6. The molecular weight excluding hydrogens is 326 g/mol. The standard InChI is InChI=1S/C22H19NO3/c1-25-22(24)19-12-14-20(23-15-19)13-11-18-9-5-6-10-21(18)26-16-17-7-3-2-4-8-17/h2-15H,16H2,1H3. The molecule has 4 nitrogen and oxygen atoms in total. The molecule has 0 spiro atoms. The lowest BCUT2D eigenvalue weighted by Gasteiger charge is -2.09. The largest absolute Gasteiger partial charge is 0.488 e. The molecule has 0 amide bonds. The second kappa shape index (κ2) is 8.62. The average molecular weight is 345 g/mol. The van der Waals surface area contributed by atoms with Crippen LogP contribution in [0.3, 0.4) is 0 Å². The molecule has 0 unspecified atom stereocenters. The average Bonchev–Trinajstić information content (AvgIpc) is 2.72. The molecular formula is C22H19NO3. The van der Waals surface area contributed by atoms with Crippen LogP contribution in [0.1, 0.15) is 27.2 Å². The summed E-state index contributed by atoms with van der Waals surface area (Å²) in [5.74, 6) is 0.409. The highest BCUT2D eigenvalue weighted by molar-refractivity contribution is 5.89. The zero-order valence-electron chi connectivity index (χ0n) is 14.5. The van der Waals surface area contributed by atoms with Crippen LogP contribution in [-0.4, -0.2) is 18.1 Å². The van der Waals surface area contributed by atoms with Crippen molar-refractivity contribution in [2.75, 3.05) is 7.11 Å². The lowest BCUT2D eigenvalue weighted by atomic mass is 10.1. The Bertz CT molecular complexity index is 887. The van der Waals surface area contributed by atoms with E-state index in [4.69, 9.17) is 4.74 Å². The zero-order valence-corrected chi connectivity index (χ0v) is 14.5. The molecule has 0 fully saturated rings. The van der Waals surface area contributed by atoms with Crippen molar-refractivity contribution in [3.8, 4) is 5.75 Å². The summed E-state index contributed by atoms with van der Waals surface area (Å²) in [7, 11) is 1.35. The van der Waals surface area contributed by atoms with Gasteiger partial charge in [-0.25, -0.2) is 4.79 Å². The Morgan fingerprint density at radius 1 is 0.962 bits per heavy atom. The molecule has 130 valence electrons. The number of aromatic nitrogens is 1. The van der Waals surface area contributed by atoms with E-state index in [-0.39, 0.29) is 0 Å². The van der Waals surface area contributed by atoms with E-state index < -0.39 is 5.97 Å². The molecule has 0 aliphatic rings. The number of nitrogens with zero attached hydrogens (tertiary/aromatic N) is 1. The molecule has 3 aromatic rings. The minimum atomic E-state index is -0.396. The minimum absolute atomic E-state index is 0.396. The van der Waals surface area contributed by atoms with Crippen LogP contribution in [0.4, 0.5) is 0 Å². The van der Waals surface area contributed by atoms with Gasteiger partial charge in [0.1, 0.15) is 12.4 Å². The van der Waals surface area contributed by atoms with Gasteiger partial charge in [-0.05, 0) is 35.9 Å². The normalized spacial score (nSPS) is 10.7. The third-order valence-electron chi connectivity index (χ3n) is 3.80. The maximum Gasteiger partial charge on any atom is 0.339 e. The van der Waals surface area contributed by atoms with Gasteiger partial charge in [-0.15, -0.1) is 0 Å². The lowest BCUT2D eigenvalue weighted by molar-refractivity contribution is 0.0600. The Labute approximate surface area is 152 Å². The van der Waals surface area contributed by atoms with E-state index in [1.165, 1.54) is 13.3 Å². The number of benzene rings is 2. The first-order chi connectivity index (χ1) is 12.8. The maximum absolute atomic E-state index is 11.4. The molecule has 0 aliphatic heterocycles. The fourth-order valence-corrected chi connectivity index (χ4v) is 2.40. The quantitative estimate of drug-likeness (QED) is 0.612. The second-order valence-electron chi connectivity index (χ2n) is 5.61. The van der Waals surface area contributed by atoms with Gasteiger partial charge in [0.2, 0.25) is 0 Å². The molecule has 1 heterocycles. The van der Waals surface area contributed by atoms with Gasteiger partial charge in [-0.2, -0.15) is 0 Å². The van der Waals surface area contributed by atoms with Gasteiger partial charge in [0.25, 0.3) is 0 Å². The van der Waals surface area contributed by atoms with Crippen molar-refractivity contribution in [1.82, 2.24) is 4.98 Å². The number of para-hydroxylation sites is 1. The van der Waals surface area contributed by atoms with Gasteiger partial charge < -0.3 is 9.47 Å². The molecule has 0 N–H and O–H groups in total. The first kappa shape index (κ1) is 17.4. The topological polar surface area (TPSA) is 48.4 Å². The van der Waals surface area contributed by atoms with Crippen LogP contribution in [-0.2, 0) is 11.3 Å². The Hall–Kier alpha value is -3.40. The first-order valence-electron chi connectivity index (χ1n) is 8.24. The number of ether oxygens (including phenoxy) is 2. The van der Waals surface area contributed by atoms with Crippen molar-refractivity contribution >= 4 is 18.1 Å². The molecule has 0 aliphatic carbocycles. The Morgan fingerprint density at radius 2 is 1.73 bits per heavy atom. The van der Waals surface area contributed by atoms with Crippen molar-refractivity contribution in [3.05, 3.63) is 95.3 Å². The summed E-state index contributed by atoms with van der Waals surface area (Å²) in [6.07, 6.45) is 5.33. The van der Waals surface area contributed by atoms with Gasteiger partial charge in [0, 0.05) is 11.8 Å². The summed E-state index contributed by atoms with van der Waals surface area (Å²) >= 11 is 0. The van der Waals surface area contributed by atoms with E-state index in [0.717, 1.165) is 22.6 Å². The van der Waals surface area contributed by atoms with Crippen LogP contribution in [0.15, 0.2) is 72.9 Å². The minimum Gasteiger partial charge on any atom is -0.488 e. The lowest BCUT2D eigenvalue weighted by Crippen LogP contribution is -2.01. The summed E-state index contributed by atoms with van der Waals surface area (Å²) in [6.45, 7) is 0.512. The summed E-state index contributed by atoms with van der Waals surface area (Å²) in [4.78, 5) is 15.7. The predicted molar refractivity (Wildman–Crippen MR) is 102 cm³/mol. The van der Waals surface area contributed by atoms with Crippen LogP contribution in [0.2, 0.25) is 0 Å². The molecule has 4 heteroatoms. The van der Waals surface area contributed by atoms with Crippen molar-refractivity contribution in [2.45, 2.75) is 6.61 Å². The second-order valence-corrected chi connectivity index (χ2v) is 5.61. The van der Waals surface area contributed by atoms with E-state index in [9.17, 15) is 4.79 Å². The molecule has 0 atom stereocenters. The van der Waals surface area contributed by atoms with E-state index in [1.54, 1.807) is 12.1 Å². The van der Waals surface area contributed by atoms with Crippen molar-refractivity contribution in [3.63, 3.8) is 0 Å². The maximum atomic E-state index is 11.4. The van der Waals surface area contributed by atoms with Gasteiger partial charge in [-0.3, -0.25) is 4.98 Å². The summed E-state index contributed by atoms with van der Waals surface area (Å²) in [5, 5.41) is 0. The Morgan fingerprint density at radius 3 is 2.46 bits per heavy atom. The van der Waals surface area contributed by atoms with E-state index in [2.05, 4.69) is 9.72 Å². The molecule has 26 heavy (non-hydrogen) atoms. The van der Waals surface area contributed by atoms with Gasteiger partial charge in [0.05, 0.1) is 18.4 Å². The fraction of sp³-hybridized carbons (Fsp3) is 0.0909. The number of esters is 1. The molecule has 1 aromatic heterocycles. The van der Waals surface area contributed by atoms with Gasteiger partial charge in [-0.1, -0.05) is 48.5 Å². The number of hydrogen-bond acceptors (Lipinski definition) is 4. The van der Waals surface area contributed by atoms with Crippen LogP contribution < -0.4 is 4.74 Å². The smallest absolute Gasteiger partial charge is 0.339 e. The van der Waals surface area contributed by atoms with Crippen molar-refractivity contribution < 1.29 is 14.3 Å². The van der Waals surface area contributed by atoms with Gasteiger partial charge >= 0.3 is 5.97 Å². The van der Waals surface area contributed by atoms with Crippen LogP contribution >= 0.6 is 0 Å². The van der Waals surface area contributed by atoms with Crippen molar-refractivity contribution in [2.24, 2.45) is 0 Å².